The van der Waals surface area contributed by atoms with Crippen LogP contribution >= 0.6 is 0 Å². The van der Waals surface area contributed by atoms with Crippen LogP contribution in [0.5, 0.6) is 0 Å². The number of aryl methyl sites for hydroxylation is 2. The van der Waals surface area contributed by atoms with Gasteiger partial charge in [0.05, 0.1) is 5.69 Å². The van der Waals surface area contributed by atoms with Gasteiger partial charge < -0.3 is 10.2 Å². The highest BCUT2D eigenvalue weighted by molar-refractivity contribution is 5.94. The van der Waals surface area contributed by atoms with Crippen molar-refractivity contribution in [1.82, 2.24) is 19.7 Å². The molecule has 3 heterocycles. The fraction of sp³-hybridized carbons (Fsp3) is 0.304. The molecular formula is C23H25N5O2. The molecule has 0 aliphatic carbocycles. The summed E-state index contributed by atoms with van der Waals surface area (Å²) in [4.78, 5) is 31.5. The Kier molecular flexibility index (Phi) is 5.61. The number of piperidine rings is 1. The number of hydrogen-bond acceptors (Lipinski definition) is 4. The first-order valence-electron chi connectivity index (χ1n) is 10.2. The van der Waals surface area contributed by atoms with E-state index in [1.165, 1.54) is 0 Å². The Morgan fingerprint density at radius 1 is 1.03 bits per heavy atom. The minimum atomic E-state index is -0.124. The number of hydrogen-bond donors (Lipinski definition) is 1. The van der Waals surface area contributed by atoms with E-state index in [1.54, 1.807) is 21.8 Å². The van der Waals surface area contributed by atoms with E-state index >= 15 is 0 Å². The lowest BCUT2D eigenvalue weighted by Crippen LogP contribution is -2.41. The molecule has 0 atom stereocenters. The summed E-state index contributed by atoms with van der Waals surface area (Å²) in [5.74, 6) is 0.307. The molecule has 0 radical (unpaired) electrons. The predicted molar refractivity (Wildman–Crippen MR) is 115 cm³/mol. The summed E-state index contributed by atoms with van der Waals surface area (Å²) < 4.78 is 1.78. The van der Waals surface area contributed by atoms with Crippen molar-refractivity contribution >= 4 is 17.6 Å². The zero-order chi connectivity index (χ0) is 21.1. The maximum absolute atomic E-state index is 12.9. The molecular weight excluding hydrogens is 378 g/mol. The molecule has 4 rings (SSSR count). The lowest BCUT2D eigenvalue weighted by molar-refractivity contribution is -0.121. The molecule has 1 fully saturated rings. The fourth-order valence-electron chi connectivity index (χ4n) is 3.69. The molecule has 1 aliphatic heterocycles. The third kappa shape index (κ3) is 4.25. The van der Waals surface area contributed by atoms with Crippen LogP contribution in [0, 0.1) is 19.8 Å². The molecule has 0 spiro atoms. The third-order valence-corrected chi connectivity index (χ3v) is 5.42. The Morgan fingerprint density at radius 2 is 1.77 bits per heavy atom. The SMILES string of the molecule is Cc1ccc(NC(=O)C2CCN(C(=O)c3cc(C)n(-c4ccccc4)n3)CC2)nc1. The van der Waals surface area contributed by atoms with Gasteiger partial charge in [0.2, 0.25) is 5.91 Å². The number of para-hydroxylation sites is 1. The number of anilines is 1. The summed E-state index contributed by atoms with van der Waals surface area (Å²) in [6, 6.07) is 15.3. The van der Waals surface area contributed by atoms with Crippen molar-refractivity contribution < 1.29 is 9.59 Å². The zero-order valence-corrected chi connectivity index (χ0v) is 17.2. The highest BCUT2D eigenvalue weighted by Crippen LogP contribution is 2.21. The fourth-order valence-corrected chi connectivity index (χ4v) is 3.69. The Labute approximate surface area is 175 Å². The van der Waals surface area contributed by atoms with Crippen LogP contribution in [0.15, 0.2) is 54.7 Å². The van der Waals surface area contributed by atoms with Crippen molar-refractivity contribution in [1.29, 1.82) is 0 Å². The summed E-state index contributed by atoms with van der Waals surface area (Å²) in [7, 11) is 0. The van der Waals surface area contributed by atoms with Crippen molar-refractivity contribution in [3.8, 4) is 5.69 Å². The lowest BCUT2D eigenvalue weighted by Gasteiger charge is -2.30. The van der Waals surface area contributed by atoms with E-state index in [2.05, 4.69) is 15.4 Å². The first kappa shape index (κ1) is 19.8. The summed E-state index contributed by atoms with van der Waals surface area (Å²) >= 11 is 0. The number of carbonyl (C=O) groups is 2. The van der Waals surface area contributed by atoms with E-state index in [4.69, 9.17) is 0 Å². The average molecular weight is 403 g/mol. The molecule has 2 aromatic heterocycles. The molecule has 1 aromatic carbocycles. The molecule has 3 aromatic rings. The molecule has 0 bridgehead atoms. The van der Waals surface area contributed by atoms with Gasteiger partial charge in [-0.05, 0) is 56.5 Å². The Morgan fingerprint density at radius 3 is 2.43 bits per heavy atom. The summed E-state index contributed by atoms with van der Waals surface area (Å²) in [5.41, 5.74) is 3.31. The number of benzene rings is 1. The molecule has 0 unspecified atom stereocenters. The van der Waals surface area contributed by atoms with Gasteiger partial charge >= 0.3 is 0 Å². The molecule has 2 amide bonds. The molecule has 1 N–H and O–H groups in total. The topological polar surface area (TPSA) is 80.1 Å². The smallest absolute Gasteiger partial charge is 0.274 e. The van der Waals surface area contributed by atoms with Gasteiger partial charge in [-0.3, -0.25) is 9.59 Å². The van der Waals surface area contributed by atoms with Gasteiger partial charge in [0.1, 0.15) is 5.82 Å². The maximum Gasteiger partial charge on any atom is 0.274 e. The minimum Gasteiger partial charge on any atom is -0.337 e. The van der Waals surface area contributed by atoms with Gasteiger partial charge in [-0.2, -0.15) is 5.10 Å². The maximum atomic E-state index is 12.9. The van der Waals surface area contributed by atoms with Crippen LogP contribution in [0.2, 0.25) is 0 Å². The zero-order valence-electron chi connectivity index (χ0n) is 17.2. The van der Waals surface area contributed by atoms with E-state index in [1.807, 2.05) is 56.3 Å². The molecule has 154 valence electrons. The van der Waals surface area contributed by atoms with Crippen LogP contribution in [-0.4, -0.2) is 44.6 Å². The van der Waals surface area contributed by atoms with E-state index in [9.17, 15) is 9.59 Å². The normalized spacial score (nSPS) is 14.5. The third-order valence-electron chi connectivity index (χ3n) is 5.42. The number of pyridine rings is 1. The summed E-state index contributed by atoms with van der Waals surface area (Å²) in [6.45, 7) is 4.97. The molecule has 7 nitrogen and oxygen atoms in total. The largest absolute Gasteiger partial charge is 0.337 e. The van der Waals surface area contributed by atoms with Crippen LogP contribution in [0.1, 0.15) is 34.6 Å². The van der Waals surface area contributed by atoms with Crippen LogP contribution in [0.3, 0.4) is 0 Å². The highest BCUT2D eigenvalue weighted by Gasteiger charge is 2.29. The van der Waals surface area contributed by atoms with Gasteiger partial charge in [0.15, 0.2) is 5.69 Å². The van der Waals surface area contributed by atoms with Crippen molar-refractivity contribution in [2.24, 2.45) is 5.92 Å². The van der Waals surface area contributed by atoms with Crippen molar-refractivity contribution in [2.75, 3.05) is 18.4 Å². The number of carbonyl (C=O) groups excluding carboxylic acids is 2. The van der Waals surface area contributed by atoms with Gasteiger partial charge in [0.25, 0.3) is 5.91 Å². The number of likely N-dealkylation sites (tertiary alicyclic amines) is 1. The van der Waals surface area contributed by atoms with Crippen LogP contribution < -0.4 is 5.32 Å². The first-order valence-corrected chi connectivity index (χ1v) is 10.2. The number of nitrogens with one attached hydrogen (secondary N) is 1. The monoisotopic (exact) mass is 403 g/mol. The lowest BCUT2D eigenvalue weighted by atomic mass is 9.95. The van der Waals surface area contributed by atoms with E-state index in [-0.39, 0.29) is 17.7 Å². The quantitative estimate of drug-likeness (QED) is 0.724. The van der Waals surface area contributed by atoms with Crippen LogP contribution in [0.4, 0.5) is 5.82 Å². The molecule has 30 heavy (non-hydrogen) atoms. The standard InChI is InChI=1S/C23H25N5O2/c1-16-8-9-21(24-15-16)25-22(29)18-10-12-27(13-11-18)23(30)20-14-17(2)28(26-20)19-6-4-3-5-7-19/h3-9,14-15,18H,10-13H2,1-2H3,(H,24,25,29). The van der Waals surface area contributed by atoms with Crippen LogP contribution in [0.25, 0.3) is 5.69 Å². The van der Waals surface area contributed by atoms with Crippen molar-refractivity contribution in [3.63, 3.8) is 0 Å². The highest BCUT2D eigenvalue weighted by atomic mass is 16.2. The summed E-state index contributed by atoms with van der Waals surface area (Å²) in [5, 5.41) is 7.38. The number of amides is 2. The van der Waals surface area contributed by atoms with Gasteiger partial charge in [-0.25, -0.2) is 9.67 Å². The second-order valence-electron chi connectivity index (χ2n) is 7.69. The van der Waals surface area contributed by atoms with Gasteiger partial charge in [-0.15, -0.1) is 0 Å². The molecule has 1 saturated heterocycles. The van der Waals surface area contributed by atoms with Crippen molar-refractivity contribution in [2.45, 2.75) is 26.7 Å². The van der Waals surface area contributed by atoms with Crippen LogP contribution in [-0.2, 0) is 4.79 Å². The number of nitrogens with zero attached hydrogens (tertiary/aromatic N) is 4. The van der Waals surface area contributed by atoms with E-state index < -0.39 is 0 Å². The first-order chi connectivity index (χ1) is 14.5. The number of aromatic nitrogens is 3. The minimum absolute atomic E-state index is 0.0392. The van der Waals surface area contributed by atoms with Crippen molar-refractivity contribution in [3.05, 3.63) is 71.7 Å². The molecule has 7 heteroatoms. The van der Waals surface area contributed by atoms with E-state index in [0.29, 0.717) is 37.4 Å². The summed E-state index contributed by atoms with van der Waals surface area (Å²) in [6.07, 6.45) is 2.98. The predicted octanol–water partition coefficient (Wildman–Crippen LogP) is 3.38. The molecule has 0 saturated carbocycles. The van der Waals surface area contributed by atoms with E-state index in [0.717, 1.165) is 16.9 Å². The Bertz CT molecular complexity index is 1040. The second-order valence-corrected chi connectivity index (χ2v) is 7.69. The van der Waals surface area contributed by atoms with Gasteiger partial charge in [-0.1, -0.05) is 24.3 Å². The Hall–Kier alpha value is -3.48. The average Bonchev–Trinajstić information content (AvgIpc) is 3.17. The number of rotatable bonds is 4. The Balaban J connectivity index is 1.36. The molecule has 1 aliphatic rings. The second kappa shape index (κ2) is 8.49. The van der Waals surface area contributed by atoms with Gasteiger partial charge in [0, 0.05) is 30.9 Å².